The molecule has 1 aromatic rings. The van der Waals surface area contributed by atoms with Crippen molar-refractivity contribution in [1.82, 2.24) is 15.5 Å². The van der Waals surface area contributed by atoms with Gasteiger partial charge in [-0.3, -0.25) is 19.7 Å². The molecule has 2 N–H and O–H groups in total. The standard InChI is InChI=1S/C19H23N3O3.ClH/c23-17-10-14(18(24)21-17)9-12-1-3-13(4-2-12)19(25)22-15-5-6-16(22)11-20-8-7-15;/h1-4,14-16,20H,5-11H2,(H,21,23,24);1H. The van der Waals surface area contributed by atoms with E-state index >= 15 is 0 Å². The molecule has 4 rings (SSSR count). The van der Waals surface area contributed by atoms with Gasteiger partial charge in [0.2, 0.25) is 11.8 Å². The Labute approximate surface area is 159 Å². The highest BCUT2D eigenvalue weighted by Crippen LogP contribution is 2.29. The largest absolute Gasteiger partial charge is 0.331 e. The fourth-order valence-corrected chi connectivity index (χ4v) is 4.30. The molecular weight excluding hydrogens is 354 g/mol. The Morgan fingerprint density at radius 1 is 1.08 bits per heavy atom. The van der Waals surface area contributed by atoms with Gasteiger partial charge in [-0.2, -0.15) is 0 Å². The van der Waals surface area contributed by atoms with Gasteiger partial charge in [-0.05, 0) is 49.9 Å². The summed E-state index contributed by atoms with van der Waals surface area (Å²) >= 11 is 0. The zero-order valence-electron chi connectivity index (χ0n) is 14.6. The lowest BCUT2D eigenvalue weighted by molar-refractivity contribution is -0.125. The van der Waals surface area contributed by atoms with Gasteiger partial charge in [0.05, 0.1) is 5.92 Å². The van der Waals surface area contributed by atoms with Crippen molar-refractivity contribution in [2.24, 2.45) is 5.92 Å². The van der Waals surface area contributed by atoms with Crippen LogP contribution in [-0.4, -0.2) is 47.8 Å². The molecule has 140 valence electrons. The van der Waals surface area contributed by atoms with Gasteiger partial charge >= 0.3 is 0 Å². The van der Waals surface area contributed by atoms with Crippen LogP contribution in [0.4, 0.5) is 0 Å². The molecular formula is C19H24ClN3O3. The minimum Gasteiger partial charge on any atom is -0.331 e. The van der Waals surface area contributed by atoms with Crippen molar-refractivity contribution < 1.29 is 14.4 Å². The Morgan fingerprint density at radius 2 is 1.81 bits per heavy atom. The summed E-state index contributed by atoms with van der Waals surface area (Å²) in [6, 6.07) is 8.16. The van der Waals surface area contributed by atoms with E-state index in [1.54, 1.807) is 0 Å². The molecule has 3 heterocycles. The average molecular weight is 378 g/mol. The third-order valence-corrected chi connectivity index (χ3v) is 5.64. The number of hydrogen-bond acceptors (Lipinski definition) is 4. The van der Waals surface area contributed by atoms with Crippen molar-refractivity contribution in [2.75, 3.05) is 13.1 Å². The second-order valence-corrected chi connectivity index (χ2v) is 7.30. The topological polar surface area (TPSA) is 78.5 Å². The summed E-state index contributed by atoms with van der Waals surface area (Å²) in [6.07, 6.45) is 3.98. The van der Waals surface area contributed by atoms with E-state index in [4.69, 9.17) is 0 Å². The van der Waals surface area contributed by atoms with Crippen molar-refractivity contribution in [2.45, 2.75) is 44.2 Å². The lowest BCUT2D eigenvalue weighted by Crippen LogP contribution is -2.42. The van der Waals surface area contributed by atoms with E-state index in [1.165, 1.54) is 0 Å². The quantitative estimate of drug-likeness (QED) is 0.778. The average Bonchev–Trinajstić information content (AvgIpc) is 3.04. The van der Waals surface area contributed by atoms with Crippen LogP contribution in [0.3, 0.4) is 0 Å². The molecule has 3 aliphatic rings. The summed E-state index contributed by atoms with van der Waals surface area (Å²) in [5, 5.41) is 5.75. The molecule has 2 bridgehead atoms. The number of fused-ring (bicyclic) bond motifs is 2. The van der Waals surface area contributed by atoms with E-state index < -0.39 is 0 Å². The second kappa shape index (κ2) is 7.76. The fraction of sp³-hybridized carbons (Fsp3) is 0.526. The van der Waals surface area contributed by atoms with Crippen LogP contribution in [0, 0.1) is 5.92 Å². The Kier molecular flexibility index (Phi) is 5.63. The molecule has 0 spiro atoms. The maximum atomic E-state index is 13.0. The van der Waals surface area contributed by atoms with Crippen LogP contribution in [0.25, 0.3) is 0 Å². The van der Waals surface area contributed by atoms with Crippen molar-refractivity contribution in [3.63, 3.8) is 0 Å². The Balaban J connectivity index is 0.00000196. The highest BCUT2D eigenvalue weighted by molar-refractivity contribution is 6.03. The maximum absolute atomic E-state index is 13.0. The fourth-order valence-electron chi connectivity index (χ4n) is 4.30. The minimum atomic E-state index is -0.290. The number of amides is 3. The summed E-state index contributed by atoms with van der Waals surface area (Å²) in [4.78, 5) is 38.0. The molecule has 0 radical (unpaired) electrons. The Hall–Kier alpha value is -1.92. The van der Waals surface area contributed by atoms with Gasteiger partial charge in [0, 0.05) is 30.6 Å². The summed E-state index contributed by atoms with van der Waals surface area (Å²) in [6.45, 7) is 1.86. The van der Waals surface area contributed by atoms with Crippen LogP contribution in [0.15, 0.2) is 24.3 Å². The van der Waals surface area contributed by atoms with E-state index in [9.17, 15) is 14.4 Å². The van der Waals surface area contributed by atoms with Crippen molar-refractivity contribution in [3.8, 4) is 0 Å². The molecule has 3 saturated heterocycles. The molecule has 0 aromatic heterocycles. The molecule has 7 heteroatoms. The zero-order chi connectivity index (χ0) is 17.4. The Morgan fingerprint density at radius 3 is 2.50 bits per heavy atom. The van der Waals surface area contributed by atoms with E-state index in [1.807, 2.05) is 24.3 Å². The first-order chi connectivity index (χ1) is 12.1. The second-order valence-electron chi connectivity index (χ2n) is 7.30. The predicted octanol–water partition coefficient (Wildman–Crippen LogP) is 1.28. The van der Waals surface area contributed by atoms with Crippen LogP contribution in [0.2, 0.25) is 0 Å². The molecule has 3 fully saturated rings. The van der Waals surface area contributed by atoms with Crippen molar-refractivity contribution in [3.05, 3.63) is 35.4 Å². The van der Waals surface area contributed by atoms with Crippen molar-refractivity contribution >= 4 is 30.1 Å². The first kappa shape index (κ1) is 18.9. The predicted molar refractivity (Wildman–Crippen MR) is 99.1 cm³/mol. The van der Waals surface area contributed by atoms with E-state index in [-0.39, 0.29) is 42.5 Å². The normalized spacial score (nSPS) is 27.7. The van der Waals surface area contributed by atoms with Gasteiger partial charge in [-0.15, -0.1) is 12.4 Å². The summed E-state index contributed by atoms with van der Waals surface area (Å²) < 4.78 is 0. The van der Waals surface area contributed by atoms with E-state index in [2.05, 4.69) is 15.5 Å². The smallest absolute Gasteiger partial charge is 0.254 e. The lowest BCUT2D eigenvalue weighted by atomic mass is 9.97. The molecule has 0 saturated carbocycles. The van der Waals surface area contributed by atoms with Gasteiger partial charge in [-0.25, -0.2) is 0 Å². The molecule has 0 aliphatic carbocycles. The number of nitrogens with zero attached hydrogens (tertiary/aromatic N) is 1. The maximum Gasteiger partial charge on any atom is 0.254 e. The first-order valence-corrected chi connectivity index (χ1v) is 9.08. The number of imide groups is 1. The number of carbonyl (C=O) groups is 3. The lowest BCUT2D eigenvalue weighted by Gasteiger charge is -2.28. The number of rotatable bonds is 3. The number of benzene rings is 1. The molecule has 6 nitrogen and oxygen atoms in total. The number of hydrogen-bond donors (Lipinski definition) is 2. The molecule has 3 aliphatic heterocycles. The van der Waals surface area contributed by atoms with E-state index in [0.29, 0.717) is 24.1 Å². The number of nitrogens with one attached hydrogen (secondary N) is 2. The molecule has 3 amide bonds. The van der Waals surface area contributed by atoms with Gasteiger partial charge in [0.15, 0.2) is 0 Å². The molecule has 26 heavy (non-hydrogen) atoms. The van der Waals surface area contributed by atoms with Crippen LogP contribution in [-0.2, 0) is 16.0 Å². The summed E-state index contributed by atoms with van der Waals surface area (Å²) in [5.41, 5.74) is 1.68. The van der Waals surface area contributed by atoms with Gasteiger partial charge in [0.25, 0.3) is 5.91 Å². The van der Waals surface area contributed by atoms with E-state index in [0.717, 1.165) is 37.9 Å². The van der Waals surface area contributed by atoms with Crippen LogP contribution in [0.1, 0.15) is 41.6 Å². The molecule has 1 aromatic carbocycles. The number of carbonyl (C=O) groups excluding carboxylic acids is 3. The third-order valence-electron chi connectivity index (χ3n) is 5.64. The minimum absolute atomic E-state index is 0. The highest BCUT2D eigenvalue weighted by Gasteiger charge is 2.38. The SMILES string of the molecule is Cl.O=C1CC(Cc2ccc(C(=O)N3C4CCNCC3CC4)cc2)C(=O)N1. The van der Waals surface area contributed by atoms with Gasteiger partial charge < -0.3 is 10.2 Å². The summed E-state index contributed by atoms with van der Waals surface area (Å²) in [5.74, 6) is -0.580. The van der Waals surface area contributed by atoms with Gasteiger partial charge in [0.1, 0.15) is 0 Å². The Bertz CT molecular complexity index is 692. The monoisotopic (exact) mass is 377 g/mol. The van der Waals surface area contributed by atoms with Crippen molar-refractivity contribution in [1.29, 1.82) is 0 Å². The molecule has 3 unspecified atom stereocenters. The molecule has 3 atom stereocenters. The third kappa shape index (κ3) is 3.62. The van der Waals surface area contributed by atoms with Crippen LogP contribution >= 0.6 is 12.4 Å². The zero-order valence-corrected chi connectivity index (χ0v) is 15.4. The van der Waals surface area contributed by atoms with Crippen LogP contribution in [0.5, 0.6) is 0 Å². The highest BCUT2D eigenvalue weighted by atomic mass is 35.5. The van der Waals surface area contributed by atoms with Crippen LogP contribution < -0.4 is 10.6 Å². The van der Waals surface area contributed by atoms with Gasteiger partial charge in [-0.1, -0.05) is 12.1 Å². The first-order valence-electron chi connectivity index (χ1n) is 9.08. The summed E-state index contributed by atoms with van der Waals surface area (Å²) in [7, 11) is 0. The number of halogens is 1.